The topological polar surface area (TPSA) is 101 Å². The lowest BCUT2D eigenvalue weighted by Crippen LogP contribution is -2.36. The van der Waals surface area contributed by atoms with Gasteiger partial charge in [0, 0.05) is 25.4 Å². The van der Waals surface area contributed by atoms with Crippen molar-refractivity contribution in [3.63, 3.8) is 0 Å². The first-order valence-electron chi connectivity index (χ1n) is 7.28. The quantitative estimate of drug-likeness (QED) is 0.767. The average molecular weight is 310 g/mol. The number of aromatic amines is 1. The molecule has 0 radical (unpaired) electrons. The third kappa shape index (κ3) is 2.37. The monoisotopic (exact) mass is 310 g/mol. The number of amides is 1. The molecule has 8 heteroatoms. The second-order valence-electron chi connectivity index (χ2n) is 5.36. The number of aryl methyl sites for hydroxylation is 1. The van der Waals surface area contributed by atoms with Gasteiger partial charge in [-0.15, -0.1) is 0 Å². The summed E-state index contributed by atoms with van der Waals surface area (Å²) >= 11 is 0. The summed E-state index contributed by atoms with van der Waals surface area (Å²) in [6, 6.07) is 3.73. The van der Waals surface area contributed by atoms with Crippen LogP contribution in [0.4, 0.5) is 0 Å². The van der Waals surface area contributed by atoms with Crippen molar-refractivity contribution < 1.29 is 9.21 Å². The van der Waals surface area contributed by atoms with Crippen molar-refractivity contribution >= 4 is 5.91 Å². The van der Waals surface area contributed by atoms with E-state index in [1.54, 1.807) is 24.2 Å². The van der Waals surface area contributed by atoms with Crippen LogP contribution in [0.1, 0.15) is 27.6 Å². The zero-order chi connectivity index (χ0) is 15.8. The maximum Gasteiger partial charge on any atom is 0.276 e. The van der Waals surface area contributed by atoms with E-state index in [1.807, 2.05) is 12.1 Å². The summed E-state index contributed by atoms with van der Waals surface area (Å²) in [6.45, 7) is 2.73. The summed E-state index contributed by atoms with van der Waals surface area (Å²) in [5, 5.41) is 10.3. The summed E-state index contributed by atoms with van der Waals surface area (Å²) in [7, 11) is 0. The molecule has 0 atom stereocenters. The molecule has 3 aromatic heterocycles. The summed E-state index contributed by atoms with van der Waals surface area (Å²) in [4.78, 5) is 22.8. The van der Waals surface area contributed by atoms with Crippen LogP contribution in [-0.2, 0) is 13.0 Å². The Morgan fingerprint density at radius 3 is 3.04 bits per heavy atom. The number of fused-ring (bicyclic) bond motifs is 1. The Hall–Kier alpha value is -3.03. The zero-order valence-electron chi connectivity index (χ0n) is 12.5. The number of oxazole rings is 1. The zero-order valence-corrected chi connectivity index (χ0v) is 12.5. The second-order valence-corrected chi connectivity index (χ2v) is 5.36. The lowest BCUT2D eigenvalue weighted by molar-refractivity contribution is 0.0721. The summed E-state index contributed by atoms with van der Waals surface area (Å²) in [5.74, 6) is 1.22. The van der Waals surface area contributed by atoms with Crippen LogP contribution in [0.25, 0.3) is 11.5 Å². The third-order valence-electron chi connectivity index (χ3n) is 3.85. The molecule has 116 valence electrons. The van der Waals surface area contributed by atoms with Crippen LogP contribution in [0.3, 0.4) is 0 Å². The minimum Gasteiger partial charge on any atom is -0.441 e. The van der Waals surface area contributed by atoms with Gasteiger partial charge < -0.3 is 9.32 Å². The molecule has 0 bridgehead atoms. The van der Waals surface area contributed by atoms with Gasteiger partial charge in [-0.2, -0.15) is 15.4 Å². The molecule has 4 rings (SSSR count). The van der Waals surface area contributed by atoms with Crippen molar-refractivity contribution in [3.8, 4) is 11.5 Å². The number of pyridine rings is 1. The van der Waals surface area contributed by atoms with Gasteiger partial charge in [-0.1, -0.05) is 0 Å². The van der Waals surface area contributed by atoms with Crippen LogP contribution in [0.15, 0.2) is 28.9 Å². The SMILES string of the molecule is Cc1n[nH]nc1C(=O)N1CCc2oc(-c3cccnc3)nc2C1. The van der Waals surface area contributed by atoms with E-state index >= 15 is 0 Å². The lowest BCUT2D eigenvalue weighted by Gasteiger charge is -2.24. The van der Waals surface area contributed by atoms with E-state index in [0.29, 0.717) is 36.8 Å². The molecule has 3 aromatic rings. The fourth-order valence-electron chi connectivity index (χ4n) is 2.62. The van der Waals surface area contributed by atoms with Gasteiger partial charge in [0.2, 0.25) is 5.89 Å². The average Bonchev–Trinajstić information content (AvgIpc) is 3.20. The predicted molar refractivity (Wildman–Crippen MR) is 79.3 cm³/mol. The smallest absolute Gasteiger partial charge is 0.276 e. The number of aromatic nitrogens is 5. The molecule has 23 heavy (non-hydrogen) atoms. The van der Waals surface area contributed by atoms with E-state index in [1.165, 1.54) is 0 Å². The Morgan fingerprint density at radius 2 is 2.30 bits per heavy atom. The van der Waals surface area contributed by atoms with Gasteiger partial charge in [0.05, 0.1) is 17.8 Å². The highest BCUT2D eigenvalue weighted by molar-refractivity contribution is 5.93. The van der Waals surface area contributed by atoms with Crippen LogP contribution < -0.4 is 0 Å². The highest BCUT2D eigenvalue weighted by Gasteiger charge is 2.28. The highest BCUT2D eigenvalue weighted by atomic mass is 16.4. The third-order valence-corrected chi connectivity index (χ3v) is 3.85. The Morgan fingerprint density at radius 1 is 1.39 bits per heavy atom. The number of carbonyl (C=O) groups excluding carboxylic acids is 1. The first-order valence-corrected chi connectivity index (χ1v) is 7.28. The molecule has 0 fully saturated rings. The van der Waals surface area contributed by atoms with Gasteiger partial charge in [-0.3, -0.25) is 9.78 Å². The lowest BCUT2D eigenvalue weighted by atomic mass is 10.1. The number of hydrogen-bond acceptors (Lipinski definition) is 6. The fourth-order valence-corrected chi connectivity index (χ4v) is 2.62. The minimum atomic E-state index is -0.146. The van der Waals surface area contributed by atoms with Gasteiger partial charge in [0.1, 0.15) is 11.5 Å². The Kier molecular flexibility index (Phi) is 3.14. The van der Waals surface area contributed by atoms with E-state index in [0.717, 1.165) is 17.0 Å². The van der Waals surface area contributed by atoms with Crippen molar-refractivity contribution in [2.24, 2.45) is 0 Å². The molecule has 1 amide bonds. The van der Waals surface area contributed by atoms with Crippen molar-refractivity contribution in [3.05, 3.63) is 47.4 Å². The van der Waals surface area contributed by atoms with E-state index in [4.69, 9.17) is 4.42 Å². The van der Waals surface area contributed by atoms with Crippen molar-refractivity contribution in [2.45, 2.75) is 19.9 Å². The van der Waals surface area contributed by atoms with Gasteiger partial charge in [-0.05, 0) is 19.1 Å². The van der Waals surface area contributed by atoms with E-state index in [2.05, 4.69) is 25.4 Å². The fraction of sp³-hybridized carbons (Fsp3) is 0.267. The molecule has 0 unspecified atom stereocenters. The van der Waals surface area contributed by atoms with Crippen molar-refractivity contribution in [1.82, 2.24) is 30.3 Å². The number of nitrogens with one attached hydrogen (secondary N) is 1. The van der Waals surface area contributed by atoms with Crippen LogP contribution in [0.2, 0.25) is 0 Å². The first-order chi connectivity index (χ1) is 11.2. The van der Waals surface area contributed by atoms with E-state index in [9.17, 15) is 4.79 Å². The summed E-state index contributed by atoms with van der Waals surface area (Å²) in [5.41, 5.74) is 2.55. The number of hydrogen-bond donors (Lipinski definition) is 1. The Bertz CT molecular complexity index is 854. The maximum atomic E-state index is 12.5. The van der Waals surface area contributed by atoms with Gasteiger partial charge in [-0.25, -0.2) is 4.98 Å². The molecule has 1 aliphatic rings. The molecule has 8 nitrogen and oxygen atoms in total. The van der Waals surface area contributed by atoms with Crippen molar-refractivity contribution in [2.75, 3.05) is 6.54 Å². The number of carbonyl (C=O) groups is 1. The van der Waals surface area contributed by atoms with Crippen molar-refractivity contribution in [1.29, 1.82) is 0 Å². The predicted octanol–water partition coefficient (Wildman–Crippen LogP) is 1.36. The van der Waals surface area contributed by atoms with Crippen LogP contribution in [0.5, 0.6) is 0 Å². The number of nitrogens with zero attached hydrogens (tertiary/aromatic N) is 5. The van der Waals surface area contributed by atoms with Gasteiger partial charge in [0.15, 0.2) is 5.69 Å². The van der Waals surface area contributed by atoms with Gasteiger partial charge in [0.25, 0.3) is 5.91 Å². The minimum absolute atomic E-state index is 0.146. The molecule has 4 heterocycles. The molecule has 1 aliphatic heterocycles. The second kappa shape index (κ2) is 5.31. The number of H-pyrrole nitrogens is 1. The number of rotatable bonds is 2. The standard InChI is InChI=1S/C15H14N6O2/c1-9-13(19-20-18-9)15(22)21-6-4-12-11(8-21)17-14(23-12)10-3-2-5-16-7-10/h2-3,5,7H,4,6,8H2,1H3,(H,18,19,20). The molecule has 0 saturated carbocycles. The normalized spacial score (nSPS) is 13.9. The molecule has 1 N–H and O–H groups in total. The van der Waals surface area contributed by atoms with Crippen LogP contribution in [0, 0.1) is 6.92 Å². The van der Waals surface area contributed by atoms with Crippen LogP contribution >= 0.6 is 0 Å². The van der Waals surface area contributed by atoms with Gasteiger partial charge >= 0.3 is 0 Å². The molecular formula is C15H14N6O2. The van der Waals surface area contributed by atoms with E-state index < -0.39 is 0 Å². The first kappa shape index (κ1) is 13.6. The Labute approximate surface area is 131 Å². The van der Waals surface area contributed by atoms with E-state index in [-0.39, 0.29) is 5.91 Å². The summed E-state index contributed by atoms with van der Waals surface area (Å²) in [6.07, 6.45) is 4.04. The molecule has 0 aromatic carbocycles. The highest BCUT2D eigenvalue weighted by Crippen LogP contribution is 2.26. The summed E-state index contributed by atoms with van der Waals surface area (Å²) < 4.78 is 5.81. The maximum absolute atomic E-state index is 12.5. The largest absolute Gasteiger partial charge is 0.441 e. The molecule has 0 aliphatic carbocycles. The molecular weight excluding hydrogens is 296 g/mol. The Balaban J connectivity index is 1.59. The van der Waals surface area contributed by atoms with Crippen LogP contribution in [-0.4, -0.2) is 42.7 Å². The molecule has 0 saturated heterocycles. The molecule has 0 spiro atoms.